The summed E-state index contributed by atoms with van der Waals surface area (Å²) in [5.74, 6) is 0.0149. The highest BCUT2D eigenvalue weighted by Gasteiger charge is 2.27. The number of ether oxygens (including phenoxy) is 2. The molecule has 0 unspecified atom stereocenters. The van der Waals surface area contributed by atoms with Crippen LogP contribution in [0.3, 0.4) is 0 Å². The van der Waals surface area contributed by atoms with Crippen molar-refractivity contribution in [2.75, 3.05) is 76.4 Å². The van der Waals surface area contributed by atoms with Gasteiger partial charge in [-0.25, -0.2) is 9.67 Å². The summed E-state index contributed by atoms with van der Waals surface area (Å²) < 4.78 is 12.8. The smallest absolute Gasteiger partial charge is 0.258 e. The lowest BCUT2D eigenvalue weighted by molar-refractivity contribution is 0.0383. The van der Waals surface area contributed by atoms with Gasteiger partial charge in [0.1, 0.15) is 0 Å². The van der Waals surface area contributed by atoms with E-state index in [9.17, 15) is 4.79 Å². The fourth-order valence-electron chi connectivity index (χ4n) is 5.27. The van der Waals surface area contributed by atoms with Gasteiger partial charge >= 0.3 is 0 Å². The maximum absolute atomic E-state index is 13.7. The quantitative estimate of drug-likeness (QED) is 0.351. The van der Waals surface area contributed by atoms with E-state index in [2.05, 4.69) is 49.3 Å². The third-order valence-corrected chi connectivity index (χ3v) is 8.97. The molecule has 5 rings (SSSR count). The van der Waals surface area contributed by atoms with Gasteiger partial charge in [0.2, 0.25) is 5.88 Å². The minimum atomic E-state index is -0.407. The molecule has 0 spiro atoms. The van der Waals surface area contributed by atoms with Gasteiger partial charge in [-0.05, 0) is 39.4 Å². The number of carbonyl (C=O) groups is 1. The van der Waals surface area contributed by atoms with E-state index in [1.54, 1.807) is 11.6 Å². The molecule has 232 valence electrons. The van der Waals surface area contributed by atoms with Crippen LogP contribution in [-0.4, -0.2) is 108 Å². The number of likely N-dealkylation sites (N-methyl/N-ethyl adjacent to an activating group) is 1. The van der Waals surface area contributed by atoms with E-state index in [0.717, 1.165) is 76.7 Å². The van der Waals surface area contributed by atoms with Crippen LogP contribution in [0.25, 0.3) is 5.69 Å². The molecule has 13 heteroatoms. The predicted octanol–water partition coefficient (Wildman–Crippen LogP) is 4.33. The average Bonchev–Trinajstić information content (AvgIpc) is 3.48. The Bertz CT molecular complexity index is 1430. The molecule has 0 bridgehead atoms. The molecule has 2 saturated heterocycles. The van der Waals surface area contributed by atoms with Crippen LogP contribution < -0.4 is 15.0 Å². The molecule has 2 aliphatic rings. The predicted molar refractivity (Wildman–Crippen MR) is 169 cm³/mol. The Hall–Kier alpha value is -2.96. The molecule has 2 fully saturated rings. The van der Waals surface area contributed by atoms with E-state index in [-0.39, 0.29) is 5.56 Å². The molecule has 2 aromatic heterocycles. The molecule has 1 amide bonds. The van der Waals surface area contributed by atoms with Crippen LogP contribution in [0.15, 0.2) is 24.5 Å². The molecule has 11 nitrogen and oxygen atoms in total. The molecule has 43 heavy (non-hydrogen) atoms. The first kappa shape index (κ1) is 31.5. The number of morpholine rings is 1. The number of hydrogen-bond acceptors (Lipinski definition) is 9. The number of benzene rings is 1. The van der Waals surface area contributed by atoms with Crippen LogP contribution in [0.1, 0.15) is 41.9 Å². The fourth-order valence-corrected chi connectivity index (χ4v) is 5.77. The van der Waals surface area contributed by atoms with Crippen LogP contribution >= 0.6 is 23.2 Å². The van der Waals surface area contributed by atoms with Gasteiger partial charge in [0.05, 0.1) is 64.4 Å². The second-order valence-corrected chi connectivity index (χ2v) is 11.9. The Labute approximate surface area is 263 Å². The summed E-state index contributed by atoms with van der Waals surface area (Å²) in [5, 5.41) is 12.5. The average molecular weight is 632 g/mol. The van der Waals surface area contributed by atoms with Crippen LogP contribution in [0, 0.1) is 6.92 Å². The highest BCUT2D eigenvalue weighted by atomic mass is 35.5. The molecule has 1 atom stereocenters. The van der Waals surface area contributed by atoms with Crippen molar-refractivity contribution in [2.45, 2.75) is 39.7 Å². The summed E-state index contributed by atoms with van der Waals surface area (Å²) in [6.45, 7) is 13.2. The lowest BCUT2D eigenvalue weighted by atomic mass is 10.1. The summed E-state index contributed by atoms with van der Waals surface area (Å²) in [6.07, 6.45) is 4.94. The van der Waals surface area contributed by atoms with E-state index in [1.165, 1.54) is 6.20 Å². The van der Waals surface area contributed by atoms with Gasteiger partial charge in [-0.15, -0.1) is 5.10 Å². The summed E-state index contributed by atoms with van der Waals surface area (Å²) in [5.41, 5.74) is 3.67. The zero-order chi connectivity index (χ0) is 30.5. The van der Waals surface area contributed by atoms with Gasteiger partial charge in [-0.1, -0.05) is 35.3 Å². The maximum Gasteiger partial charge on any atom is 0.258 e. The van der Waals surface area contributed by atoms with Gasteiger partial charge < -0.3 is 24.6 Å². The molecule has 2 aliphatic heterocycles. The number of nitrogens with zero attached hydrogens (tertiary/aromatic N) is 7. The lowest BCUT2D eigenvalue weighted by Gasteiger charge is -2.40. The normalized spacial score (nSPS) is 18.2. The minimum absolute atomic E-state index is 0.244. The zero-order valence-corrected chi connectivity index (χ0v) is 26.8. The van der Waals surface area contributed by atoms with Gasteiger partial charge in [-0.3, -0.25) is 9.69 Å². The van der Waals surface area contributed by atoms with Gasteiger partial charge in [0, 0.05) is 63.5 Å². The highest BCUT2D eigenvalue weighted by Crippen LogP contribution is 2.39. The zero-order valence-electron chi connectivity index (χ0n) is 25.3. The molecular weight excluding hydrogens is 591 g/mol. The second kappa shape index (κ2) is 14.2. The minimum Gasteiger partial charge on any atom is -0.477 e. The first-order valence-corrected chi connectivity index (χ1v) is 15.6. The van der Waals surface area contributed by atoms with Gasteiger partial charge in [0.15, 0.2) is 0 Å². The third kappa shape index (κ3) is 7.24. The number of amides is 1. The molecular formula is C30H40Cl2N8O3. The van der Waals surface area contributed by atoms with Crippen molar-refractivity contribution in [1.29, 1.82) is 0 Å². The topological polar surface area (TPSA) is 101 Å². The van der Waals surface area contributed by atoms with Crippen LogP contribution in [-0.2, 0) is 11.2 Å². The van der Waals surface area contributed by atoms with Crippen molar-refractivity contribution in [3.8, 4) is 11.6 Å². The molecule has 1 aromatic carbocycles. The van der Waals surface area contributed by atoms with Crippen molar-refractivity contribution in [2.24, 2.45) is 0 Å². The van der Waals surface area contributed by atoms with E-state index < -0.39 is 5.91 Å². The summed E-state index contributed by atoms with van der Waals surface area (Å²) in [6, 6.07) is 4.24. The Balaban J connectivity index is 1.44. The Morgan fingerprint density at radius 1 is 1.14 bits per heavy atom. The number of nitrogens with one attached hydrogen (secondary N) is 1. The number of carbonyl (C=O) groups excluding carboxylic acids is 1. The van der Waals surface area contributed by atoms with Crippen molar-refractivity contribution >= 4 is 40.5 Å². The van der Waals surface area contributed by atoms with Gasteiger partial charge in [-0.2, -0.15) is 0 Å². The van der Waals surface area contributed by atoms with Crippen molar-refractivity contribution in [1.82, 2.24) is 29.8 Å². The number of piperazine rings is 1. The Kier molecular flexibility index (Phi) is 10.4. The fraction of sp³-hybridized carbons (Fsp3) is 0.533. The molecule has 1 N–H and O–H groups in total. The maximum atomic E-state index is 13.7. The Morgan fingerprint density at radius 2 is 1.91 bits per heavy atom. The highest BCUT2D eigenvalue weighted by molar-refractivity contribution is 6.38. The number of aromatic nitrogens is 4. The molecule has 0 aliphatic carbocycles. The van der Waals surface area contributed by atoms with Crippen molar-refractivity contribution in [3.05, 3.63) is 51.4 Å². The van der Waals surface area contributed by atoms with E-state index in [4.69, 9.17) is 32.7 Å². The van der Waals surface area contributed by atoms with Crippen LogP contribution in [0.2, 0.25) is 10.0 Å². The second-order valence-electron chi connectivity index (χ2n) is 11.1. The number of anilines is 2. The third-order valence-electron chi connectivity index (χ3n) is 8.10. The van der Waals surface area contributed by atoms with E-state index in [1.807, 2.05) is 25.3 Å². The number of halogens is 2. The largest absolute Gasteiger partial charge is 0.477 e. The number of pyridine rings is 1. The molecule has 4 heterocycles. The lowest BCUT2D eigenvalue weighted by Crippen LogP contribution is -2.50. The molecule has 3 aromatic rings. The molecule has 0 saturated carbocycles. The monoisotopic (exact) mass is 630 g/mol. The number of rotatable bonds is 10. The van der Waals surface area contributed by atoms with Crippen molar-refractivity contribution in [3.63, 3.8) is 0 Å². The van der Waals surface area contributed by atoms with E-state index >= 15 is 0 Å². The summed E-state index contributed by atoms with van der Waals surface area (Å²) >= 11 is 13.7. The van der Waals surface area contributed by atoms with Gasteiger partial charge in [0.25, 0.3) is 5.91 Å². The number of hydrogen-bond donors (Lipinski definition) is 1. The first-order chi connectivity index (χ1) is 20.8. The van der Waals surface area contributed by atoms with Crippen LogP contribution in [0.5, 0.6) is 5.88 Å². The molecule has 0 radical (unpaired) electrons. The summed E-state index contributed by atoms with van der Waals surface area (Å²) in [4.78, 5) is 25.0. The Morgan fingerprint density at radius 3 is 2.65 bits per heavy atom. The van der Waals surface area contributed by atoms with E-state index in [0.29, 0.717) is 45.5 Å². The first-order valence-electron chi connectivity index (χ1n) is 14.9. The van der Waals surface area contributed by atoms with Crippen molar-refractivity contribution < 1.29 is 14.3 Å². The van der Waals surface area contributed by atoms with Crippen LogP contribution in [0.4, 0.5) is 11.4 Å². The summed E-state index contributed by atoms with van der Waals surface area (Å²) in [7, 11) is 2.12. The SMILES string of the molecule is CCCOc1ncc(C(=O)Nc2c(N3CCN(C)[C@@H](C)C3)ccc(-n3cc(CCN4CCOCC4)nn3)c2Cl)c(Cl)c1C. The standard InChI is InChI=1S/C30H40Cl2N8O3/c1-5-14-43-30-21(3)26(31)23(17-33-30)29(41)34-28-25(39-11-10-37(4)20(2)18-39)7-6-24(27(28)32)40-19-22(35-36-40)8-9-38-12-15-42-16-13-38/h6-7,17,19-20H,5,8-16,18H2,1-4H3,(H,34,41)/t20-/m0/s1.